The van der Waals surface area contributed by atoms with Gasteiger partial charge in [0.25, 0.3) is 0 Å². The molecule has 4 nitrogen and oxygen atoms in total. The molecule has 2 aromatic rings. The lowest BCUT2D eigenvalue weighted by molar-refractivity contribution is 1.20. The highest BCUT2D eigenvalue weighted by atomic mass is 32.1. The summed E-state index contributed by atoms with van der Waals surface area (Å²) < 4.78 is 0. The zero-order valence-electron chi connectivity index (χ0n) is 7.16. The predicted molar refractivity (Wildman–Crippen MR) is 56.4 cm³/mol. The monoisotopic (exact) mass is 202 g/mol. The van der Waals surface area contributed by atoms with E-state index in [0.717, 1.165) is 21.6 Å². The number of nitrogens with one attached hydrogen (secondary N) is 2. The molecular weight excluding hydrogens is 196 g/mol. The number of anilines is 2. The van der Waals surface area contributed by atoms with Crippen LogP contribution >= 0.6 is 11.3 Å². The maximum Gasteiger partial charge on any atom is 0.127 e. The van der Waals surface area contributed by atoms with Crippen LogP contribution in [0.25, 0.3) is 10.2 Å². The third-order valence-electron chi connectivity index (χ3n) is 2.27. The normalized spacial score (nSPS) is 13.1. The van der Waals surface area contributed by atoms with E-state index in [1.54, 1.807) is 17.5 Å². The van der Waals surface area contributed by atoms with Crippen molar-refractivity contribution in [1.82, 2.24) is 4.98 Å². The van der Waals surface area contributed by atoms with E-state index in [-0.39, 0.29) is 0 Å². The van der Waals surface area contributed by atoms with Crippen molar-refractivity contribution in [3.05, 3.63) is 17.1 Å². The maximum absolute atomic E-state index is 8.91. The van der Waals surface area contributed by atoms with Crippen LogP contribution in [0, 0.1) is 11.3 Å². The second-order valence-electron chi connectivity index (χ2n) is 3.02. The number of hydrogen-bond donors (Lipinski definition) is 2. The third kappa shape index (κ3) is 0.833. The SMILES string of the molecule is N#Cc1cnc2scc3c2c1NCN3. The van der Waals surface area contributed by atoms with Crippen LogP contribution in [-0.2, 0) is 0 Å². The van der Waals surface area contributed by atoms with Crippen LogP contribution in [0.4, 0.5) is 11.4 Å². The van der Waals surface area contributed by atoms with Gasteiger partial charge >= 0.3 is 0 Å². The number of pyridine rings is 1. The quantitative estimate of drug-likeness (QED) is 0.685. The zero-order chi connectivity index (χ0) is 9.54. The van der Waals surface area contributed by atoms with Gasteiger partial charge in [-0.3, -0.25) is 0 Å². The van der Waals surface area contributed by atoms with E-state index in [2.05, 4.69) is 21.7 Å². The molecule has 0 unspecified atom stereocenters. The Kier molecular flexibility index (Phi) is 1.41. The second kappa shape index (κ2) is 2.59. The van der Waals surface area contributed by atoms with Gasteiger partial charge < -0.3 is 10.6 Å². The molecule has 0 aromatic carbocycles. The fourth-order valence-electron chi connectivity index (χ4n) is 1.63. The van der Waals surface area contributed by atoms with E-state index in [9.17, 15) is 0 Å². The molecule has 3 rings (SSSR count). The van der Waals surface area contributed by atoms with Crippen LogP contribution in [0.3, 0.4) is 0 Å². The lowest BCUT2D eigenvalue weighted by atomic mass is 10.1. The van der Waals surface area contributed by atoms with Crippen molar-refractivity contribution < 1.29 is 0 Å². The standard InChI is InChI=1S/C9H6N4S/c10-1-5-2-11-9-7-6(3-14-9)12-4-13-8(5)7/h2-3,12-13H,4H2. The summed E-state index contributed by atoms with van der Waals surface area (Å²) in [7, 11) is 0. The number of hydrogen-bond acceptors (Lipinski definition) is 5. The minimum atomic E-state index is 0.610. The molecule has 5 heteroatoms. The number of aromatic nitrogens is 1. The number of nitriles is 1. The number of thiophene rings is 1. The van der Waals surface area contributed by atoms with Gasteiger partial charge in [-0.1, -0.05) is 0 Å². The Morgan fingerprint density at radius 2 is 2.43 bits per heavy atom. The summed E-state index contributed by atoms with van der Waals surface area (Å²) in [5.41, 5.74) is 2.59. The fourth-order valence-corrected chi connectivity index (χ4v) is 2.51. The molecule has 0 atom stereocenters. The predicted octanol–water partition coefficient (Wildman–Crippen LogP) is 1.96. The van der Waals surface area contributed by atoms with E-state index in [1.807, 2.05) is 5.38 Å². The van der Waals surface area contributed by atoms with Crippen LogP contribution < -0.4 is 10.6 Å². The van der Waals surface area contributed by atoms with Gasteiger partial charge in [0.1, 0.15) is 10.9 Å². The van der Waals surface area contributed by atoms with Crippen LogP contribution in [0.15, 0.2) is 11.6 Å². The van der Waals surface area contributed by atoms with Crippen molar-refractivity contribution in [2.75, 3.05) is 17.3 Å². The molecular formula is C9H6N4S. The molecule has 0 spiro atoms. The molecule has 2 N–H and O–H groups in total. The molecule has 0 fully saturated rings. The number of nitrogens with zero attached hydrogens (tertiary/aromatic N) is 2. The van der Waals surface area contributed by atoms with E-state index in [4.69, 9.17) is 5.26 Å². The topological polar surface area (TPSA) is 60.7 Å². The molecule has 0 amide bonds. The molecule has 14 heavy (non-hydrogen) atoms. The molecule has 1 aliphatic heterocycles. The summed E-state index contributed by atoms with van der Waals surface area (Å²) in [4.78, 5) is 5.20. The Bertz CT molecular complexity index is 552. The van der Waals surface area contributed by atoms with Crippen LogP contribution in [0.5, 0.6) is 0 Å². The third-order valence-corrected chi connectivity index (χ3v) is 3.15. The molecule has 0 saturated carbocycles. The molecule has 0 radical (unpaired) electrons. The second-order valence-corrected chi connectivity index (χ2v) is 3.88. The first kappa shape index (κ1) is 7.59. The Hall–Kier alpha value is -1.80. The molecule has 0 bridgehead atoms. The average Bonchev–Trinajstić information content (AvgIpc) is 2.65. The van der Waals surface area contributed by atoms with Crippen LogP contribution in [0.1, 0.15) is 5.56 Å². The van der Waals surface area contributed by atoms with E-state index in [0.29, 0.717) is 12.2 Å². The lowest BCUT2D eigenvalue weighted by Crippen LogP contribution is -2.16. The first-order valence-electron chi connectivity index (χ1n) is 4.18. The van der Waals surface area contributed by atoms with Crippen molar-refractivity contribution in [3.63, 3.8) is 0 Å². The van der Waals surface area contributed by atoms with E-state index >= 15 is 0 Å². The Balaban J connectivity index is 2.48. The first-order valence-corrected chi connectivity index (χ1v) is 5.06. The summed E-state index contributed by atoms with van der Waals surface area (Å²) in [6, 6.07) is 2.14. The van der Waals surface area contributed by atoms with Gasteiger partial charge in [-0.05, 0) is 0 Å². The van der Waals surface area contributed by atoms with Crippen molar-refractivity contribution in [1.29, 1.82) is 5.26 Å². The summed E-state index contributed by atoms with van der Waals surface area (Å²) in [6.07, 6.45) is 1.62. The molecule has 0 saturated heterocycles. The summed E-state index contributed by atoms with van der Waals surface area (Å²) in [5.74, 6) is 0. The van der Waals surface area contributed by atoms with Crippen molar-refractivity contribution >= 4 is 32.9 Å². The van der Waals surface area contributed by atoms with Gasteiger partial charge in [-0.25, -0.2) is 4.98 Å². The summed E-state index contributed by atoms with van der Waals surface area (Å²) in [6.45, 7) is 0.664. The Labute approximate surface area is 84.2 Å². The van der Waals surface area contributed by atoms with Gasteiger partial charge in [0.05, 0.1) is 29.0 Å². The smallest absolute Gasteiger partial charge is 0.127 e. The molecule has 2 aromatic heterocycles. The molecule has 3 heterocycles. The Morgan fingerprint density at radius 1 is 1.50 bits per heavy atom. The van der Waals surface area contributed by atoms with Gasteiger partial charge in [0, 0.05) is 11.6 Å². The average molecular weight is 202 g/mol. The Morgan fingerprint density at radius 3 is 3.29 bits per heavy atom. The first-order chi connectivity index (χ1) is 6.90. The summed E-state index contributed by atoms with van der Waals surface area (Å²) in [5, 5.41) is 18.4. The zero-order valence-corrected chi connectivity index (χ0v) is 7.98. The minimum Gasteiger partial charge on any atom is -0.367 e. The maximum atomic E-state index is 8.91. The number of rotatable bonds is 0. The van der Waals surface area contributed by atoms with Gasteiger partial charge in [-0.15, -0.1) is 11.3 Å². The fraction of sp³-hybridized carbons (Fsp3) is 0.111. The highest BCUT2D eigenvalue weighted by molar-refractivity contribution is 7.17. The van der Waals surface area contributed by atoms with Crippen LogP contribution in [0.2, 0.25) is 0 Å². The van der Waals surface area contributed by atoms with Crippen molar-refractivity contribution in [3.8, 4) is 6.07 Å². The van der Waals surface area contributed by atoms with Crippen LogP contribution in [-0.4, -0.2) is 11.7 Å². The van der Waals surface area contributed by atoms with Gasteiger partial charge in [-0.2, -0.15) is 5.26 Å². The van der Waals surface area contributed by atoms with E-state index in [1.165, 1.54) is 0 Å². The molecule has 68 valence electrons. The van der Waals surface area contributed by atoms with Gasteiger partial charge in [0.2, 0.25) is 0 Å². The molecule has 1 aliphatic rings. The van der Waals surface area contributed by atoms with Gasteiger partial charge in [0.15, 0.2) is 0 Å². The highest BCUT2D eigenvalue weighted by Crippen LogP contribution is 2.38. The lowest BCUT2D eigenvalue weighted by Gasteiger charge is -2.17. The largest absolute Gasteiger partial charge is 0.367 e. The van der Waals surface area contributed by atoms with Crippen molar-refractivity contribution in [2.24, 2.45) is 0 Å². The van der Waals surface area contributed by atoms with E-state index < -0.39 is 0 Å². The minimum absolute atomic E-state index is 0.610. The summed E-state index contributed by atoms with van der Waals surface area (Å²) >= 11 is 1.59. The highest BCUT2D eigenvalue weighted by Gasteiger charge is 2.17. The van der Waals surface area contributed by atoms with Crippen molar-refractivity contribution in [2.45, 2.75) is 0 Å². The molecule has 0 aliphatic carbocycles.